The van der Waals surface area contributed by atoms with Crippen molar-refractivity contribution in [1.82, 2.24) is 0 Å². The predicted octanol–water partition coefficient (Wildman–Crippen LogP) is 10.9. The summed E-state index contributed by atoms with van der Waals surface area (Å²) in [5, 5.41) is 5.28. The molecule has 0 saturated carbocycles. The molecule has 6 aromatic rings. The van der Waals surface area contributed by atoms with E-state index >= 15 is 0 Å². The highest BCUT2D eigenvalue weighted by atomic mass is 14.4. The maximum atomic E-state index is 2.47. The second kappa shape index (κ2) is 8.42. The van der Waals surface area contributed by atoms with Crippen LogP contribution in [0.3, 0.4) is 0 Å². The zero-order chi connectivity index (χ0) is 27.1. The van der Waals surface area contributed by atoms with Gasteiger partial charge in [-0.05, 0) is 117 Å². The van der Waals surface area contributed by atoms with Crippen LogP contribution in [-0.2, 0) is 5.41 Å². The van der Waals surface area contributed by atoms with Crippen molar-refractivity contribution in [3.8, 4) is 33.4 Å². The van der Waals surface area contributed by atoms with Crippen LogP contribution in [0.5, 0.6) is 0 Å². The van der Waals surface area contributed by atoms with Gasteiger partial charge >= 0.3 is 0 Å². The summed E-state index contributed by atoms with van der Waals surface area (Å²) >= 11 is 0. The minimum atomic E-state index is -0.0274. The van der Waals surface area contributed by atoms with Gasteiger partial charge in [0.25, 0.3) is 0 Å². The van der Waals surface area contributed by atoms with Gasteiger partial charge in [0.1, 0.15) is 0 Å². The van der Waals surface area contributed by atoms with Crippen molar-refractivity contribution < 1.29 is 0 Å². The Balaban J connectivity index is 1.58. The number of aryl methyl sites for hydroxylation is 3. The van der Waals surface area contributed by atoms with Crippen molar-refractivity contribution in [2.24, 2.45) is 0 Å². The summed E-state index contributed by atoms with van der Waals surface area (Å²) in [5.41, 5.74) is 16.2. The molecular formula is C39H34. The minimum absolute atomic E-state index is 0.0274. The zero-order valence-corrected chi connectivity index (χ0v) is 23.7. The fraction of sp³-hybridized carbons (Fsp3) is 0.179. The Labute approximate surface area is 232 Å². The summed E-state index contributed by atoms with van der Waals surface area (Å²) in [4.78, 5) is 0. The van der Waals surface area contributed by atoms with E-state index in [1.807, 2.05) is 0 Å². The van der Waals surface area contributed by atoms with Crippen LogP contribution < -0.4 is 0 Å². The number of fused-ring (bicyclic) bond motifs is 5. The molecule has 0 aromatic heterocycles. The molecule has 0 aliphatic heterocycles. The van der Waals surface area contributed by atoms with E-state index in [4.69, 9.17) is 0 Å². The number of hydrogen-bond acceptors (Lipinski definition) is 0. The van der Waals surface area contributed by atoms with Gasteiger partial charge in [0.15, 0.2) is 0 Å². The van der Waals surface area contributed by atoms with E-state index in [2.05, 4.69) is 139 Å². The molecule has 6 aromatic carbocycles. The number of rotatable bonds is 2. The molecule has 190 valence electrons. The largest absolute Gasteiger partial charge is 0.0619 e. The van der Waals surface area contributed by atoms with Crippen molar-refractivity contribution in [3.63, 3.8) is 0 Å². The molecule has 0 atom stereocenters. The van der Waals surface area contributed by atoms with Crippen LogP contribution in [0.15, 0.2) is 97.1 Å². The van der Waals surface area contributed by atoms with Gasteiger partial charge in [0, 0.05) is 5.41 Å². The van der Waals surface area contributed by atoms with Crippen LogP contribution in [0.4, 0.5) is 0 Å². The van der Waals surface area contributed by atoms with E-state index in [-0.39, 0.29) is 5.41 Å². The normalized spacial score (nSPS) is 13.6. The maximum Gasteiger partial charge on any atom is 0.0159 e. The van der Waals surface area contributed by atoms with Gasteiger partial charge < -0.3 is 0 Å². The van der Waals surface area contributed by atoms with Crippen LogP contribution in [0.2, 0.25) is 0 Å². The Hall–Kier alpha value is -4.16. The molecule has 39 heavy (non-hydrogen) atoms. The summed E-state index contributed by atoms with van der Waals surface area (Å²) in [7, 11) is 0. The monoisotopic (exact) mass is 502 g/mol. The molecular weight excluding hydrogens is 468 g/mol. The molecule has 0 bridgehead atoms. The van der Waals surface area contributed by atoms with Crippen molar-refractivity contribution in [2.45, 2.75) is 47.0 Å². The summed E-state index contributed by atoms with van der Waals surface area (Å²) in [5.74, 6) is 0. The van der Waals surface area contributed by atoms with E-state index in [0.717, 1.165) is 0 Å². The van der Waals surface area contributed by atoms with Gasteiger partial charge in [0.2, 0.25) is 0 Å². The van der Waals surface area contributed by atoms with Crippen molar-refractivity contribution in [2.75, 3.05) is 0 Å². The molecule has 0 radical (unpaired) electrons. The van der Waals surface area contributed by atoms with Gasteiger partial charge in [-0.25, -0.2) is 0 Å². The van der Waals surface area contributed by atoms with Gasteiger partial charge in [-0.15, -0.1) is 0 Å². The van der Waals surface area contributed by atoms with Crippen molar-refractivity contribution in [1.29, 1.82) is 0 Å². The summed E-state index contributed by atoms with van der Waals surface area (Å²) in [6, 6.07) is 36.8. The SMILES string of the molecule is Cc1ccc2c(-c3cc(C)c(C)c(C)c3)c3ccccc3c(-c3ccc4c(c3)C(C)(C)c3ccccc3-4)c2c1. The van der Waals surface area contributed by atoms with E-state index in [1.54, 1.807) is 0 Å². The molecule has 0 fully saturated rings. The number of benzene rings is 6. The molecule has 1 aliphatic rings. The smallest absolute Gasteiger partial charge is 0.0159 e. The first kappa shape index (κ1) is 23.9. The lowest BCUT2D eigenvalue weighted by molar-refractivity contribution is 0.660. The van der Waals surface area contributed by atoms with E-state index in [9.17, 15) is 0 Å². The second-order valence-corrected chi connectivity index (χ2v) is 12.0. The summed E-state index contributed by atoms with van der Waals surface area (Å²) in [6.45, 7) is 13.6. The van der Waals surface area contributed by atoms with E-state index < -0.39 is 0 Å². The Morgan fingerprint density at radius 1 is 0.462 bits per heavy atom. The highest BCUT2D eigenvalue weighted by Crippen LogP contribution is 2.51. The van der Waals surface area contributed by atoms with E-state index in [1.165, 1.54) is 88.3 Å². The molecule has 7 rings (SSSR count). The van der Waals surface area contributed by atoms with Crippen molar-refractivity contribution >= 4 is 21.5 Å². The maximum absolute atomic E-state index is 2.47. The zero-order valence-electron chi connectivity index (χ0n) is 23.7. The third kappa shape index (κ3) is 3.44. The van der Waals surface area contributed by atoms with Gasteiger partial charge in [-0.2, -0.15) is 0 Å². The second-order valence-electron chi connectivity index (χ2n) is 12.0. The minimum Gasteiger partial charge on any atom is -0.0619 e. The first-order valence-corrected chi connectivity index (χ1v) is 14.0. The first-order valence-electron chi connectivity index (χ1n) is 14.0. The average molecular weight is 503 g/mol. The highest BCUT2D eigenvalue weighted by molar-refractivity contribution is 6.21. The molecule has 0 amide bonds. The molecule has 0 saturated heterocycles. The fourth-order valence-electron chi connectivity index (χ4n) is 6.95. The fourth-order valence-corrected chi connectivity index (χ4v) is 6.95. The van der Waals surface area contributed by atoms with Gasteiger partial charge in [-0.1, -0.05) is 110 Å². The standard InChI is InChI=1S/C39H34/c1-23-15-17-33-34(19-23)37(27-16-18-30-29-11-9-10-14-35(29)39(5,6)36(30)22-27)31-12-7-8-13-32(31)38(33)28-20-24(2)26(4)25(3)21-28/h7-22H,1-6H3. The number of hydrogen-bond donors (Lipinski definition) is 0. The predicted molar refractivity (Wildman–Crippen MR) is 169 cm³/mol. The van der Waals surface area contributed by atoms with Crippen LogP contribution in [0.25, 0.3) is 54.9 Å². The average Bonchev–Trinajstić information content (AvgIpc) is 3.16. The highest BCUT2D eigenvalue weighted by Gasteiger charge is 2.35. The Bertz CT molecular complexity index is 1940. The molecule has 0 spiro atoms. The molecule has 0 unspecified atom stereocenters. The molecule has 0 nitrogen and oxygen atoms in total. The Kier molecular flexibility index (Phi) is 5.16. The lowest BCUT2D eigenvalue weighted by atomic mass is 9.80. The molecule has 1 aliphatic carbocycles. The Morgan fingerprint density at radius 3 is 1.77 bits per heavy atom. The Morgan fingerprint density at radius 2 is 1.05 bits per heavy atom. The lowest BCUT2D eigenvalue weighted by Crippen LogP contribution is -2.14. The molecule has 0 N–H and O–H groups in total. The molecule has 0 heterocycles. The van der Waals surface area contributed by atoms with Crippen LogP contribution in [0, 0.1) is 27.7 Å². The van der Waals surface area contributed by atoms with Crippen LogP contribution >= 0.6 is 0 Å². The molecule has 0 heteroatoms. The summed E-state index contributed by atoms with van der Waals surface area (Å²) in [6.07, 6.45) is 0. The van der Waals surface area contributed by atoms with Crippen LogP contribution in [0.1, 0.15) is 47.2 Å². The van der Waals surface area contributed by atoms with Crippen molar-refractivity contribution in [3.05, 3.63) is 130 Å². The van der Waals surface area contributed by atoms with Crippen LogP contribution in [-0.4, -0.2) is 0 Å². The summed E-state index contributed by atoms with van der Waals surface area (Å²) < 4.78 is 0. The third-order valence-corrected chi connectivity index (χ3v) is 9.27. The van der Waals surface area contributed by atoms with Gasteiger partial charge in [-0.3, -0.25) is 0 Å². The quantitative estimate of drug-likeness (QED) is 0.207. The topological polar surface area (TPSA) is 0 Å². The lowest BCUT2D eigenvalue weighted by Gasteiger charge is -2.23. The van der Waals surface area contributed by atoms with E-state index in [0.29, 0.717) is 0 Å². The first-order chi connectivity index (χ1) is 18.8. The third-order valence-electron chi connectivity index (χ3n) is 9.27. The van der Waals surface area contributed by atoms with Gasteiger partial charge in [0.05, 0.1) is 0 Å².